The lowest BCUT2D eigenvalue weighted by molar-refractivity contribution is 0.0956. The van der Waals surface area contributed by atoms with Gasteiger partial charge in [-0.2, -0.15) is 0 Å². The Kier molecular flexibility index (Phi) is 3.42. The molecular weight excluding hydrogens is 295 g/mol. The molecule has 0 aliphatic rings. The summed E-state index contributed by atoms with van der Waals surface area (Å²) >= 11 is 2.78. The third-order valence-electron chi connectivity index (χ3n) is 2.91. The van der Waals surface area contributed by atoms with Crippen molar-refractivity contribution in [3.8, 4) is 0 Å². The third-order valence-corrected chi connectivity index (χ3v) is 4.96. The maximum atomic E-state index is 13.7. The Hall–Kier alpha value is -1.92. The molecule has 0 aliphatic heterocycles. The van der Waals surface area contributed by atoms with Crippen LogP contribution >= 0.6 is 22.7 Å². The van der Waals surface area contributed by atoms with Crippen molar-refractivity contribution in [2.75, 3.05) is 5.73 Å². The molecule has 0 unspecified atom stereocenters. The topological polar surface area (TPSA) is 55.1 Å². The van der Waals surface area contributed by atoms with Crippen molar-refractivity contribution in [1.29, 1.82) is 0 Å². The van der Waals surface area contributed by atoms with Gasteiger partial charge in [-0.3, -0.25) is 4.79 Å². The summed E-state index contributed by atoms with van der Waals surface area (Å²) in [7, 11) is 0. The zero-order valence-corrected chi connectivity index (χ0v) is 12.0. The van der Waals surface area contributed by atoms with E-state index in [2.05, 4.69) is 5.32 Å². The Labute approximate surface area is 122 Å². The molecule has 102 valence electrons. The fourth-order valence-corrected chi connectivity index (χ4v) is 3.66. The SMILES string of the molecule is Nc1c(C(=O)NCc2cccs2)sc2cccc(F)c12. The van der Waals surface area contributed by atoms with Crippen molar-refractivity contribution in [3.63, 3.8) is 0 Å². The lowest BCUT2D eigenvalue weighted by Crippen LogP contribution is -2.22. The van der Waals surface area contributed by atoms with E-state index in [1.54, 1.807) is 23.5 Å². The zero-order valence-electron chi connectivity index (χ0n) is 10.4. The van der Waals surface area contributed by atoms with E-state index in [1.807, 2.05) is 17.5 Å². The average molecular weight is 306 g/mol. The average Bonchev–Trinajstić information content (AvgIpc) is 3.05. The summed E-state index contributed by atoms with van der Waals surface area (Å²) in [5.74, 6) is -0.662. The first-order chi connectivity index (χ1) is 9.66. The maximum Gasteiger partial charge on any atom is 0.263 e. The van der Waals surface area contributed by atoms with Crippen LogP contribution in [0.4, 0.5) is 10.1 Å². The number of anilines is 1. The minimum Gasteiger partial charge on any atom is -0.397 e. The number of nitrogens with one attached hydrogen (secondary N) is 1. The molecule has 0 spiro atoms. The highest BCUT2D eigenvalue weighted by Crippen LogP contribution is 2.35. The van der Waals surface area contributed by atoms with Gasteiger partial charge in [-0.05, 0) is 23.6 Å². The molecule has 3 rings (SSSR count). The first kappa shape index (κ1) is 13.1. The van der Waals surface area contributed by atoms with Gasteiger partial charge in [0, 0.05) is 9.58 Å². The molecule has 0 atom stereocenters. The van der Waals surface area contributed by atoms with Crippen LogP contribution in [-0.4, -0.2) is 5.91 Å². The molecule has 2 heterocycles. The van der Waals surface area contributed by atoms with Gasteiger partial charge in [0.25, 0.3) is 5.91 Å². The number of fused-ring (bicyclic) bond motifs is 1. The Morgan fingerprint density at radius 3 is 2.85 bits per heavy atom. The van der Waals surface area contributed by atoms with E-state index >= 15 is 0 Å². The number of hydrogen-bond donors (Lipinski definition) is 2. The number of benzene rings is 1. The second kappa shape index (κ2) is 5.22. The minimum absolute atomic E-state index is 0.215. The van der Waals surface area contributed by atoms with Crippen molar-refractivity contribution in [3.05, 3.63) is 51.3 Å². The first-order valence-electron chi connectivity index (χ1n) is 5.94. The van der Waals surface area contributed by atoms with Crippen LogP contribution in [0, 0.1) is 5.82 Å². The number of nitrogen functional groups attached to an aromatic ring is 1. The molecule has 0 radical (unpaired) electrons. The normalized spacial score (nSPS) is 10.8. The smallest absolute Gasteiger partial charge is 0.263 e. The van der Waals surface area contributed by atoms with Gasteiger partial charge in [-0.25, -0.2) is 4.39 Å². The quantitative estimate of drug-likeness (QED) is 0.776. The van der Waals surface area contributed by atoms with E-state index in [1.165, 1.54) is 17.4 Å². The van der Waals surface area contributed by atoms with Crippen LogP contribution in [0.15, 0.2) is 35.7 Å². The summed E-state index contributed by atoms with van der Waals surface area (Å²) in [4.78, 5) is 13.6. The lowest BCUT2D eigenvalue weighted by atomic mass is 10.2. The van der Waals surface area contributed by atoms with Gasteiger partial charge in [-0.15, -0.1) is 22.7 Å². The molecule has 1 aromatic carbocycles. The molecular formula is C14H11FN2OS2. The Bertz CT molecular complexity index is 765. The highest BCUT2D eigenvalue weighted by atomic mass is 32.1. The minimum atomic E-state index is -0.395. The first-order valence-corrected chi connectivity index (χ1v) is 7.63. The second-order valence-corrected chi connectivity index (χ2v) is 6.30. The lowest BCUT2D eigenvalue weighted by Gasteiger charge is -2.02. The molecule has 0 bridgehead atoms. The number of carbonyl (C=O) groups is 1. The molecule has 1 amide bonds. The monoisotopic (exact) mass is 306 g/mol. The summed E-state index contributed by atoms with van der Waals surface area (Å²) in [5, 5.41) is 5.08. The van der Waals surface area contributed by atoms with E-state index in [-0.39, 0.29) is 11.6 Å². The summed E-state index contributed by atoms with van der Waals surface area (Å²) in [6, 6.07) is 8.59. The molecule has 0 aliphatic carbocycles. The molecule has 20 heavy (non-hydrogen) atoms. The fourth-order valence-electron chi connectivity index (χ4n) is 1.96. The number of amides is 1. The van der Waals surface area contributed by atoms with Crippen LogP contribution < -0.4 is 11.1 Å². The van der Waals surface area contributed by atoms with Gasteiger partial charge in [0.1, 0.15) is 10.7 Å². The molecule has 0 saturated carbocycles. The number of hydrogen-bond acceptors (Lipinski definition) is 4. The highest BCUT2D eigenvalue weighted by molar-refractivity contribution is 7.21. The number of nitrogens with two attached hydrogens (primary N) is 1. The van der Waals surface area contributed by atoms with Crippen molar-refractivity contribution in [2.45, 2.75) is 6.54 Å². The standard InChI is InChI=1S/C14H11FN2OS2/c15-9-4-1-5-10-11(9)12(16)13(20-10)14(18)17-7-8-3-2-6-19-8/h1-6H,7,16H2,(H,17,18). The maximum absolute atomic E-state index is 13.7. The summed E-state index contributed by atoms with van der Waals surface area (Å²) < 4.78 is 14.4. The van der Waals surface area contributed by atoms with E-state index in [4.69, 9.17) is 5.73 Å². The second-order valence-electron chi connectivity index (χ2n) is 4.22. The van der Waals surface area contributed by atoms with Crippen molar-refractivity contribution >= 4 is 44.4 Å². The molecule has 0 fully saturated rings. The van der Waals surface area contributed by atoms with E-state index in [9.17, 15) is 9.18 Å². The van der Waals surface area contributed by atoms with Gasteiger partial charge in [-0.1, -0.05) is 12.1 Å². The van der Waals surface area contributed by atoms with Crippen LogP contribution in [0.3, 0.4) is 0 Å². The molecule has 3 N–H and O–H groups in total. The van der Waals surface area contributed by atoms with E-state index in [0.717, 1.165) is 4.88 Å². The largest absolute Gasteiger partial charge is 0.397 e. The summed E-state index contributed by atoms with van der Waals surface area (Å²) in [5.41, 5.74) is 6.12. The zero-order chi connectivity index (χ0) is 14.1. The van der Waals surface area contributed by atoms with Crippen LogP contribution in [0.5, 0.6) is 0 Å². The van der Waals surface area contributed by atoms with Gasteiger partial charge in [0.15, 0.2) is 0 Å². The summed E-state index contributed by atoms with van der Waals surface area (Å²) in [6.07, 6.45) is 0. The van der Waals surface area contributed by atoms with Gasteiger partial charge >= 0.3 is 0 Å². The van der Waals surface area contributed by atoms with Crippen molar-refractivity contribution < 1.29 is 9.18 Å². The Balaban J connectivity index is 1.88. The van der Waals surface area contributed by atoms with Crippen LogP contribution in [0.25, 0.3) is 10.1 Å². The number of thiophene rings is 2. The number of halogens is 1. The molecule has 6 heteroatoms. The van der Waals surface area contributed by atoms with Crippen LogP contribution in [0.2, 0.25) is 0 Å². The van der Waals surface area contributed by atoms with Gasteiger partial charge in [0.05, 0.1) is 17.6 Å². The van der Waals surface area contributed by atoms with Crippen molar-refractivity contribution in [1.82, 2.24) is 5.32 Å². The Morgan fingerprint density at radius 2 is 2.15 bits per heavy atom. The number of rotatable bonds is 3. The van der Waals surface area contributed by atoms with E-state index in [0.29, 0.717) is 21.5 Å². The fraction of sp³-hybridized carbons (Fsp3) is 0.0714. The predicted molar refractivity (Wildman–Crippen MR) is 81.7 cm³/mol. The molecule has 0 saturated heterocycles. The molecule has 3 nitrogen and oxygen atoms in total. The number of carbonyl (C=O) groups excluding carboxylic acids is 1. The molecule has 2 aromatic heterocycles. The van der Waals surface area contributed by atoms with Crippen LogP contribution in [-0.2, 0) is 6.54 Å². The Morgan fingerprint density at radius 1 is 1.30 bits per heavy atom. The van der Waals surface area contributed by atoms with Crippen molar-refractivity contribution in [2.24, 2.45) is 0 Å². The van der Waals surface area contributed by atoms with E-state index < -0.39 is 5.82 Å². The molecule has 3 aromatic rings. The predicted octanol–water partition coefficient (Wildman–Crippen LogP) is 3.61. The van der Waals surface area contributed by atoms with Gasteiger partial charge < -0.3 is 11.1 Å². The third kappa shape index (κ3) is 2.28. The summed E-state index contributed by atoms with van der Waals surface area (Å²) in [6.45, 7) is 0.451. The van der Waals surface area contributed by atoms with Gasteiger partial charge in [0.2, 0.25) is 0 Å². The highest BCUT2D eigenvalue weighted by Gasteiger charge is 2.18. The van der Waals surface area contributed by atoms with Crippen LogP contribution in [0.1, 0.15) is 14.5 Å².